The van der Waals surface area contributed by atoms with Gasteiger partial charge in [0.15, 0.2) is 0 Å². The van der Waals surface area contributed by atoms with Crippen LogP contribution in [0.1, 0.15) is 12.0 Å². The minimum Gasteiger partial charge on any atom is -0.497 e. The fraction of sp³-hybridized carbons (Fsp3) is 0.333. The van der Waals surface area contributed by atoms with Gasteiger partial charge in [0.2, 0.25) is 0 Å². The molecule has 0 saturated heterocycles. The van der Waals surface area contributed by atoms with Gasteiger partial charge in [-0.1, -0.05) is 12.1 Å². The molecule has 0 fully saturated rings. The fourth-order valence-corrected chi connectivity index (χ4v) is 1.12. The quantitative estimate of drug-likeness (QED) is 0.563. The lowest BCUT2D eigenvalue weighted by Crippen LogP contribution is -2.00. The molecule has 16 heavy (non-hydrogen) atoms. The third kappa shape index (κ3) is 4.13. The van der Waals surface area contributed by atoms with E-state index in [1.54, 1.807) is 13.3 Å². The van der Waals surface area contributed by atoms with Gasteiger partial charge in [-0.2, -0.15) is 0 Å². The van der Waals surface area contributed by atoms with Gasteiger partial charge in [-0.05, 0) is 17.7 Å². The van der Waals surface area contributed by atoms with Gasteiger partial charge in [0.05, 0.1) is 27.2 Å². The SMILES string of the molecule is COC(=O)CC=NCc1ccc(OC)cc1. The second kappa shape index (κ2) is 6.61. The molecule has 86 valence electrons. The van der Waals surface area contributed by atoms with Gasteiger partial charge in [0.25, 0.3) is 0 Å². The summed E-state index contributed by atoms with van der Waals surface area (Å²) in [5, 5.41) is 0. The lowest BCUT2D eigenvalue weighted by molar-refractivity contribution is -0.139. The fourth-order valence-electron chi connectivity index (χ4n) is 1.12. The number of methoxy groups -OCH3 is 2. The summed E-state index contributed by atoms with van der Waals surface area (Å²) in [7, 11) is 2.99. The van der Waals surface area contributed by atoms with Gasteiger partial charge in [0.1, 0.15) is 5.75 Å². The normalized spacial score (nSPS) is 10.4. The Morgan fingerprint density at radius 3 is 2.56 bits per heavy atom. The second-order valence-corrected chi connectivity index (χ2v) is 3.15. The molecule has 0 N–H and O–H groups in total. The van der Waals surface area contributed by atoms with Crippen molar-refractivity contribution >= 4 is 12.2 Å². The number of rotatable bonds is 5. The first-order valence-electron chi connectivity index (χ1n) is 4.94. The average Bonchev–Trinajstić information content (AvgIpc) is 2.35. The molecular formula is C12H15NO3. The molecule has 1 rings (SSSR count). The Balaban J connectivity index is 2.39. The van der Waals surface area contributed by atoms with E-state index in [4.69, 9.17) is 4.74 Å². The summed E-state index contributed by atoms with van der Waals surface area (Å²) in [5.74, 6) is 0.542. The molecule has 0 radical (unpaired) electrons. The van der Waals surface area contributed by atoms with Crippen LogP contribution in [0.2, 0.25) is 0 Å². The highest BCUT2D eigenvalue weighted by Crippen LogP contribution is 2.11. The maximum atomic E-state index is 10.8. The number of nitrogens with zero attached hydrogens (tertiary/aromatic N) is 1. The molecule has 0 bridgehead atoms. The summed E-state index contributed by atoms with van der Waals surface area (Å²) < 4.78 is 9.53. The molecule has 0 aliphatic rings. The van der Waals surface area contributed by atoms with Crippen LogP contribution in [0.5, 0.6) is 5.75 Å². The van der Waals surface area contributed by atoms with Crippen molar-refractivity contribution in [1.82, 2.24) is 0 Å². The lowest BCUT2D eigenvalue weighted by Gasteiger charge is -2.00. The van der Waals surface area contributed by atoms with Crippen LogP contribution in [-0.2, 0) is 16.1 Å². The third-order valence-electron chi connectivity index (χ3n) is 2.05. The Labute approximate surface area is 94.9 Å². The molecule has 1 aromatic carbocycles. The molecule has 0 aromatic heterocycles. The topological polar surface area (TPSA) is 47.9 Å². The molecule has 1 aromatic rings. The van der Waals surface area contributed by atoms with Gasteiger partial charge in [0, 0.05) is 6.21 Å². The minimum absolute atomic E-state index is 0.215. The Bertz CT molecular complexity index is 357. The van der Waals surface area contributed by atoms with Crippen molar-refractivity contribution in [2.24, 2.45) is 4.99 Å². The van der Waals surface area contributed by atoms with Crippen molar-refractivity contribution in [2.45, 2.75) is 13.0 Å². The number of ether oxygens (including phenoxy) is 2. The van der Waals surface area contributed by atoms with E-state index in [1.807, 2.05) is 24.3 Å². The zero-order valence-electron chi connectivity index (χ0n) is 9.47. The number of esters is 1. The van der Waals surface area contributed by atoms with Gasteiger partial charge >= 0.3 is 5.97 Å². The molecule has 0 aliphatic heterocycles. The molecule has 0 heterocycles. The maximum Gasteiger partial charge on any atom is 0.310 e. The van der Waals surface area contributed by atoms with Crippen LogP contribution >= 0.6 is 0 Å². The number of benzene rings is 1. The zero-order valence-corrected chi connectivity index (χ0v) is 9.47. The maximum absolute atomic E-state index is 10.8. The van der Waals surface area contributed by atoms with E-state index in [2.05, 4.69) is 9.73 Å². The Hall–Kier alpha value is -1.84. The van der Waals surface area contributed by atoms with E-state index >= 15 is 0 Å². The van der Waals surface area contributed by atoms with Crippen molar-refractivity contribution in [2.75, 3.05) is 14.2 Å². The molecule has 4 heteroatoms. The molecule has 4 nitrogen and oxygen atoms in total. The van der Waals surface area contributed by atoms with E-state index in [0.717, 1.165) is 11.3 Å². The van der Waals surface area contributed by atoms with Gasteiger partial charge in [-0.3, -0.25) is 9.79 Å². The molecule has 0 atom stereocenters. The van der Waals surface area contributed by atoms with Crippen LogP contribution in [0.4, 0.5) is 0 Å². The summed E-state index contributed by atoms with van der Waals surface area (Å²) >= 11 is 0. The van der Waals surface area contributed by atoms with Crippen LogP contribution in [0.15, 0.2) is 29.3 Å². The Morgan fingerprint density at radius 1 is 1.31 bits per heavy atom. The molecule has 0 amide bonds. The third-order valence-corrected chi connectivity index (χ3v) is 2.05. The van der Waals surface area contributed by atoms with Gasteiger partial charge < -0.3 is 9.47 Å². The van der Waals surface area contributed by atoms with Gasteiger partial charge in [-0.15, -0.1) is 0 Å². The van der Waals surface area contributed by atoms with E-state index in [0.29, 0.717) is 6.54 Å². The first-order valence-corrected chi connectivity index (χ1v) is 4.94. The largest absolute Gasteiger partial charge is 0.497 e. The van der Waals surface area contributed by atoms with Crippen LogP contribution in [0.3, 0.4) is 0 Å². The van der Waals surface area contributed by atoms with Crippen LogP contribution in [-0.4, -0.2) is 26.4 Å². The standard InChI is InChI=1S/C12H15NO3/c1-15-11-5-3-10(4-6-11)9-13-8-7-12(14)16-2/h3-6,8H,7,9H2,1-2H3. The Kier molecular flexibility index (Phi) is 5.05. The number of carbonyl (C=O) groups is 1. The molecule has 0 aliphatic carbocycles. The lowest BCUT2D eigenvalue weighted by atomic mass is 10.2. The Morgan fingerprint density at radius 2 is 2.00 bits per heavy atom. The highest BCUT2D eigenvalue weighted by atomic mass is 16.5. The van der Waals surface area contributed by atoms with Crippen LogP contribution in [0.25, 0.3) is 0 Å². The van der Waals surface area contributed by atoms with Crippen molar-refractivity contribution in [3.05, 3.63) is 29.8 Å². The second-order valence-electron chi connectivity index (χ2n) is 3.15. The van der Waals surface area contributed by atoms with Gasteiger partial charge in [-0.25, -0.2) is 0 Å². The zero-order chi connectivity index (χ0) is 11.8. The summed E-state index contributed by atoms with van der Waals surface area (Å²) in [4.78, 5) is 14.9. The summed E-state index contributed by atoms with van der Waals surface area (Å²) in [6, 6.07) is 7.64. The molecule has 0 saturated carbocycles. The average molecular weight is 221 g/mol. The van der Waals surface area contributed by atoms with E-state index < -0.39 is 0 Å². The highest BCUT2D eigenvalue weighted by Gasteiger charge is 1.95. The summed E-state index contributed by atoms with van der Waals surface area (Å²) in [5.41, 5.74) is 1.07. The van der Waals surface area contributed by atoms with E-state index in [1.165, 1.54) is 7.11 Å². The first-order chi connectivity index (χ1) is 7.76. The first kappa shape index (κ1) is 12.2. The van der Waals surface area contributed by atoms with Crippen molar-refractivity contribution in [3.63, 3.8) is 0 Å². The monoisotopic (exact) mass is 221 g/mol. The molecule has 0 unspecified atom stereocenters. The number of hydrogen-bond donors (Lipinski definition) is 0. The number of carbonyl (C=O) groups excluding carboxylic acids is 1. The predicted octanol–water partition coefficient (Wildman–Crippen LogP) is 1.83. The van der Waals surface area contributed by atoms with Crippen LogP contribution in [0, 0.1) is 0 Å². The molecule has 0 spiro atoms. The van der Waals surface area contributed by atoms with Crippen molar-refractivity contribution < 1.29 is 14.3 Å². The van der Waals surface area contributed by atoms with Crippen molar-refractivity contribution in [1.29, 1.82) is 0 Å². The van der Waals surface area contributed by atoms with Crippen LogP contribution < -0.4 is 4.74 Å². The van der Waals surface area contributed by atoms with Crippen molar-refractivity contribution in [3.8, 4) is 5.75 Å². The molecular weight excluding hydrogens is 206 g/mol. The van der Waals surface area contributed by atoms with E-state index in [-0.39, 0.29) is 12.4 Å². The summed E-state index contributed by atoms with van der Waals surface area (Å²) in [6.45, 7) is 0.557. The highest BCUT2D eigenvalue weighted by molar-refractivity contribution is 5.85. The minimum atomic E-state index is -0.279. The number of hydrogen-bond acceptors (Lipinski definition) is 4. The summed E-state index contributed by atoms with van der Waals surface area (Å²) in [6.07, 6.45) is 1.78. The van der Waals surface area contributed by atoms with E-state index in [9.17, 15) is 4.79 Å². The smallest absolute Gasteiger partial charge is 0.310 e. The number of aliphatic imine (C=N–C) groups is 1. The predicted molar refractivity (Wildman–Crippen MR) is 61.8 cm³/mol.